The minimum atomic E-state index is 0.184. The monoisotopic (exact) mass is 312 g/mol. The predicted molar refractivity (Wildman–Crippen MR) is 105 cm³/mol. The maximum Gasteiger partial charge on any atom is -0.0105 e. The summed E-state index contributed by atoms with van der Waals surface area (Å²) < 4.78 is 0. The molecule has 3 aromatic rings. The van der Waals surface area contributed by atoms with Gasteiger partial charge in [-0.2, -0.15) is 0 Å². The van der Waals surface area contributed by atoms with Crippen molar-refractivity contribution in [1.29, 1.82) is 0 Å². The van der Waals surface area contributed by atoms with Gasteiger partial charge in [-0.15, -0.1) is 0 Å². The molecule has 0 atom stereocenters. The van der Waals surface area contributed by atoms with Gasteiger partial charge in [0.15, 0.2) is 0 Å². The van der Waals surface area contributed by atoms with Crippen molar-refractivity contribution >= 4 is 11.6 Å². The van der Waals surface area contributed by atoms with Crippen LogP contribution in [0.3, 0.4) is 0 Å². The Balaban J connectivity index is 2.04. The number of hydrogen-bond donors (Lipinski definition) is 0. The van der Waals surface area contributed by atoms with Gasteiger partial charge >= 0.3 is 0 Å². The second-order valence-corrected chi connectivity index (χ2v) is 7.16. The molecule has 0 N–H and O–H groups in total. The quantitative estimate of drug-likeness (QED) is 0.480. The molecular weight excluding hydrogens is 288 g/mol. The molecule has 0 spiro atoms. The maximum atomic E-state index is 2.27. The summed E-state index contributed by atoms with van der Waals surface area (Å²) in [5, 5.41) is 0. The van der Waals surface area contributed by atoms with Crippen molar-refractivity contribution in [3.05, 3.63) is 107 Å². The lowest BCUT2D eigenvalue weighted by Crippen LogP contribution is -2.10. The van der Waals surface area contributed by atoms with E-state index >= 15 is 0 Å². The summed E-state index contributed by atoms with van der Waals surface area (Å²) >= 11 is 0. The maximum absolute atomic E-state index is 2.27. The molecule has 0 radical (unpaired) electrons. The fraction of sp³-hybridized carbons (Fsp3) is 0.167. The van der Waals surface area contributed by atoms with E-state index in [9.17, 15) is 0 Å². The SMILES string of the molecule is CC(C)(C)c1ccc(C=C(c2ccccc2)c2ccccc2)cc1. The molecule has 120 valence electrons. The fourth-order valence-corrected chi connectivity index (χ4v) is 2.81. The molecule has 0 fully saturated rings. The third-order valence-electron chi connectivity index (χ3n) is 4.26. The van der Waals surface area contributed by atoms with Crippen LogP contribution in [0.5, 0.6) is 0 Å². The van der Waals surface area contributed by atoms with Crippen molar-refractivity contribution in [2.75, 3.05) is 0 Å². The summed E-state index contributed by atoms with van der Waals surface area (Å²) in [7, 11) is 0. The predicted octanol–water partition coefficient (Wildman–Crippen LogP) is 6.57. The van der Waals surface area contributed by atoms with Crippen LogP contribution < -0.4 is 0 Å². The van der Waals surface area contributed by atoms with E-state index in [1.165, 1.54) is 27.8 Å². The first-order chi connectivity index (χ1) is 11.5. The molecule has 0 aliphatic rings. The van der Waals surface area contributed by atoms with Crippen molar-refractivity contribution < 1.29 is 0 Å². The van der Waals surface area contributed by atoms with E-state index in [0.29, 0.717) is 0 Å². The van der Waals surface area contributed by atoms with E-state index in [1.807, 2.05) is 0 Å². The van der Waals surface area contributed by atoms with Crippen LogP contribution in [0.25, 0.3) is 11.6 Å². The minimum absolute atomic E-state index is 0.184. The smallest absolute Gasteiger partial charge is 0.0105 e. The van der Waals surface area contributed by atoms with E-state index in [2.05, 4.69) is 112 Å². The van der Waals surface area contributed by atoms with Crippen molar-refractivity contribution in [2.24, 2.45) is 0 Å². The highest BCUT2D eigenvalue weighted by Gasteiger charge is 2.12. The van der Waals surface area contributed by atoms with Crippen LogP contribution in [0.4, 0.5) is 0 Å². The minimum Gasteiger partial charge on any atom is -0.0622 e. The molecule has 0 aliphatic heterocycles. The molecule has 0 saturated heterocycles. The molecule has 24 heavy (non-hydrogen) atoms. The summed E-state index contributed by atoms with van der Waals surface area (Å²) in [5.74, 6) is 0. The topological polar surface area (TPSA) is 0 Å². The van der Waals surface area contributed by atoms with Gasteiger partial charge in [0.05, 0.1) is 0 Å². The van der Waals surface area contributed by atoms with Crippen LogP contribution in [0.2, 0.25) is 0 Å². The average molecular weight is 312 g/mol. The van der Waals surface area contributed by atoms with E-state index in [0.717, 1.165) is 0 Å². The third-order valence-corrected chi connectivity index (χ3v) is 4.26. The average Bonchev–Trinajstić information content (AvgIpc) is 2.61. The molecule has 0 unspecified atom stereocenters. The molecule has 0 aliphatic carbocycles. The first kappa shape index (κ1) is 16.3. The lowest BCUT2D eigenvalue weighted by molar-refractivity contribution is 0.590. The van der Waals surface area contributed by atoms with Crippen LogP contribution in [0.1, 0.15) is 43.0 Å². The van der Waals surface area contributed by atoms with Crippen molar-refractivity contribution in [1.82, 2.24) is 0 Å². The normalized spacial score (nSPS) is 11.1. The first-order valence-electron chi connectivity index (χ1n) is 8.47. The van der Waals surface area contributed by atoms with Crippen molar-refractivity contribution in [3.8, 4) is 0 Å². The highest BCUT2D eigenvalue weighted by molar-refractivity contribution is 5.91. The molecule has 0 amide bonds. The highest BCUT2D eigenvalue weighted by Crippen LogP contribution is 2.27. The second kappa shape index (κ2) is 6.88. The Bertz CT molecular complexity index is 760. The second-order valence-electron chi connectivity index (χ2n) is 7.16. The van der Waals surface area contributed by atoms with Crippen LogP contribution >= 0.6 is 0 Å². The molecular formula is C24H24. The molecule has 3 aromatic carbocycles. The van der Waals surface area contributed by atoms with Crippen molar-refractivity contribution in [3.63, 3.8) is 0 Å². The zero-order chi connectivity index (χ0) is 17.0. The Labute approximate surface area is 145 Å². The molecule has 0 aromatic heterocycles. The van der Waals surface area contributed by atoms with Crippen LogP contribution in [-0.2, 0) is 5.41 Å². The summed E-state index contributed by atoms with van der Waals surface area (Å²) in [6, 6.07) is 30.1. The molecule has 0 heteroatoms. The van der Waals surface area contributed by atoms with E-state index in [4.69, 9.17) is 0 Å². The molecule has 0 nitrogen and oxygen atoms in total. The van der Waals surface area contributed by atoms with E-state index < -0.39 is 0 Å². The Morgan fingerprint density at radius 3 is 1.50 bits per heavy atom. The molecule has 0 bridgehead atoms. The van der Waals surface area contributed by atoms with Gasteiger partial charge < -0.3 is 0 Å². The third kappa shape index (κ3) is 3.83. The van der Waals surface area contributed by atoms with Gasteiger partial charge in [-0.25, -0.2) is 0 Å². The lowest BCUT2D eigenvalue weighted by atomic mass is 9.86. The Morgan fingerprint density at radius 1 is 0.625 bits per heavy atom. The summed E-state index contributed by atoms with van der Waals surface area (Å²) in [6.07, 6.45) is 2.27. The van der Waals surface area contributed by atoms with Gasteiger partial charge in [-0.3, -0.25) is 0 Å². The zero-order valence-corrected chi connectivity index (χ0v) is 14.7. The Kier molecular flexibility index (Phi) is 4.66. The fourth-order valence-electron chi connectivity index (χ4n) is 2.81. The molecule has 0 saturated carbocycles. The van der Waals surface area contributed by atoms with Crippen LogP contribution in [0, 0.1) is 0 Å². The summed E-state index contributed by atoms with van der Waals surface area (Å²) in [4.78, 5) is 0. The van der Waals surface area contributed by atoms with Gasteiger partial charge in [-0.05, 0) is 39.3 Å². The zero-order valence-electron chi connectivity index (χ0n) is 14.7. The number of benzene rings is 3. The van der Waals surface area contributed by atoms with Gasteiger partial charge in [0, 0.05) is 0 Å². The largest absolute Gasteiger partial charge is 0.0622 e. The molecule has 0 heterocycles. The van der Waals surface area contributed by atoms with Gasteiger partial charge in [0.1, 0.15) is 0 Å². The van der Waals surface area contributed by atoms with E-state index in [1.54, 1.807) is 0 Å². The number of hydrogen-bond acceptors (Lipinski definition) is 0. The van der Waals surface area contributed by atoms with Gasteiger partial charge in [0.2, 0.25) is 0 Å². The van der Waals surface area contributed by atoms with Crippen LogP contribution in [-0.4, -0.2) is 0 Å². The lowest BCUT2D eigenvalue weighted by Gasteiger charge is -2.19. The van der Waals surface area contributed by atoms with Crippen LogP contribution in [0.15, 0.2) is 84.9 Å². The first-order valence-corrected chi connectivity index (χ1v) is 8.47. The highest BCUT2D eigenvalue weighted by atomic mass is 14.2. The Morgan fingerprint density at radius 2 is 1.08 bits per heavy atom. The van der Waals surface area contributed by atoms with Gasteiger partial charge in [-0.1, -0.05) is 106 Å². The molecule has 3 rings (SSSR count). The summed E-state index contributed by atoms with van der Waals surface area (Å²) in [5.41, 5.74) is 6.50. The standard InChI is InChI=1S/C24H24/c1-24(2,3)22-16-14-19(15-17-22)18-23(20-10-6-4-7-11-20)21-12-8-5-9-13-21/h4-18H,1-3H3. The Hall–Kier alpha value is -2.60. The van der Waals surface area contributed by atoms with E-state index in [-0.39, 0.29) is 5.41 Å². The number of rotatable bonds is 3. The van der Waals surface area contributed by atoms with Gasteiger partial charge in [0.25, 0.3) is 0 Å². The summed E-state index contributed by atoms with van der Waals surface area (Å²) in [6.45, 7) is 6.74. The van der Waals surface area contributed by atoms with Crippen molar-refractivity contribution in [2.45, 2.75) is 26.2 Å².